The van der Waals surface area contributed by atoms with Crippen LogP contribution in [0.5, 0.6) is 11.5 Å². The van der Waals surface area contributed by atoms with Gasteiger partial charge in [0.25, 0.3) is 5.91 Å². The molecule has 0 saturated carbocycles. The number of carbonyl (C=O) groups excluding carboxylic acids is 1. The molecule has 2 aliphatic heterocycles. The number of morpholine rings is 1. The Morgan fingerprint density at radius 3 is 2.46 bits per heavy atom. The molecule has 0 atom stereocenters. The van der Waals surface area contributed by atoms with Crippen molar-refractivity contribution >= 4 is 17.4 Å². The molecule has 0 spiro atoms. The molecule has 1 fully saturated rings. The van der Waals surface area contributed by atoms with Crippen molar-refractivity contribution in [2.75, 3.05) is 42.9 Å². The summed E-state index contributed by atoms with van der Waals surface area (Å²) in [5, 5.41) is 0. The zero-order valence-electron chi connectivity index (χ0n) is 20.4. The first kappa shape index (κ1) is 23.1. The van der Waals surface area contributed by atoms with Gasteiger partial charge in [0.05, 0.1) is 25.3 Å². The van der Waals surface area contributed by atoms with Gasteiger partial charge in [0.15, 0.2) is 11.5 Å². The summed E-state index contributed by atoms with van der Waals surface area (Å²) in [6.07, 6.45) is 1.67. The van der Waals surface area contributed by atoms with Crippen LogP contribution >= 0.6 is 0 Å². The Balaban J connectivity index is 1.33. The highest BCUT2D eigenvalue weighted by Gasteiger charge is 2.22. The number of anilines is 2. The maximum Gasteiger partial charge on any atom is 0.260 e. The Morgan fingerprint density at radius 2 is 1.65 bits per heavy atom. The quantitative estimate of drug-likeness (QED) is 0.370. The first-order chi connectivity index (χ1) is 18.2. The van der Waals surface area contributed by atoms with Crippen LogP contribution in [0.2, 0.25) is 0 Å². The lowest BCUT2D eigenvalue weighted by Crippen LogP contribution is -2.36. The molecular weight excluding hydrogens is 466 g/mol. The number of hydrogen-bond acceptors (Lipinski definition) is 6. The average Bonchev–Trinajstić information content (AvgIpc) is 3.45. The van der Waals surface area contributed by atoms with Gasteiger partial charge in [0, 0.05) is 25.0 Å². The summed E-state index contributed by atoms with van der Waals surface area (Å²) >= 11 is 0. The summed E-state index contributed by atoms with van der Waals surface area (Å²) in [4.78, 5) is 22.5. The van der Waals surface area contributed by atoms with Gasteiger partial charge in [-0.25, -0.2) is 4.98 Å². The van der Waals surface area contributed by atoms with E-state index >= 15 is 0 Å². The van der Waals surface area contributed by atoms with Crippen molar-refractivity contribution < 1.29 is 19.0 Å². The van der Waals surface area contributed by atoms with Crippen LogP contribution in [-0.4, -0.2) is 44.0 Å². The maximum atomic E-state index is 13.9. The van der Waals surface area contributed by atoms with Gasteiger partial charge in [-0.3, -0.25) is 4.79 Å². The summed E-state index contributed by atoms with van der Waals surface area (Å²) in [6.45, 7) is 3.54. The molecule has 0 unspecified atom stereocenters. The monoisotopic (exact) mass is 493 g/mol. The molecule has 3 heterocycles. The number of amides is 1. The number of benzene rings is 3. The summed E-state index contributed by atoms with van der Waals surface area (Å²) in [7, 11) is 0. The van der Waals surface area contributed by atoms with Crippen molar-refractivity contribution in [3.8, 4) is 22.6 Å². The van der Waals surface area contributed by atoms with Crippen LogP contribution in [0.4, 0.5) is 11.5 Å². The summed E-state index contributed by atoms with van der Waals surface area (Å²) in [6, 6.07) is 27.8. The van der Waals surface area contributed by atoms with Crippen LogP contribution < -0.4 is 19.3 Å². The lowest BCUT2D eigenvalue weighted by atomic mass is 10.0. The summed E-state index contributed by atoms with van der Waals surface area (Å²) in [5.41, 5.74) is 4.42. The van der Waals surface area contributed by atoms with Crippen LogP contribution in [0, 0.1) is 0 Å². The van der Waals surface area contributed by atoms with E-state index in [1.165, 1.54) is 0 Å². The highest BCUT2D eigenvalue weighted by atomic mass is 16.7. The first-order valence-corrected chi connectivity index (χ1v) is 12.4. The van der Waals surface area contributed by atoms with Crippen molar-refractivity contribution in [1.29, 1.82) is 0 Å². The number of fused-ring (bicyclic) bond motifs is 1. The Morgan fingerprint density at radius 1 is 0.838 bits per heavy atom. The average molecular weight is 494 g/mol. The Bertz CT molecular complexity index is 1390. The molecule has 1 amide bonds. The van der Waals surface area contributed by atoms with Gasteiger partial charge in [0.2, 0.25) is 6.79 Å². The lowest BCUT2D eigenvalue weighted by Gasteiger charge is -2.28. The molecule has 6 rings (SSSR count). The second-order valence-electron chi connectivity index (χ2n) is 9.00. The molecule has 4 aromatic rings. The number of hydrogen-bond donors (Lipinski definition) is 0. The van der Waals surface area contributed by atoms with Crippen LogP contribution in [0.25, 0.3) is 11.1 Å². The minimum atomic E-state index is -0.121. The van der Waals surface area contributed by atoms with Gasteiger partial charge in [0.1, 0.15) is 5.82 Å². The van der Waals surface area contributed by atoms with Gasteiger partial charge < -0.3 is 24.0 Å². The van der Waals surface area contributed by atoms with E-state index in [0.717, 1.165) is 47.0 Å². The van der Waals surface area contributed by atoms with Crippen molar-refractivity contribution in [3.05, 3.63) is 102 Å². The number of rotatable bonds is 6. The normalized spacial score (nSPS) is 14.4. The SMILES string of the molecule is O=C(c1ccc(N2CCOCC2)nc1)N(Cc1ccc2c(c1)OCO2)c1cccc(-c2ccccc2)c1. The molecule has 186 valence electrons. The molecular formula is C30H27N3O4. The maximum absolute atomic E-state index is 13.9. The van der Waals surface area contributed by atoms with Crippen LogP contribution in [0.1, 0.15) is 15.9 Å². The number of ether oxygens (including phenoxy) is 3. The first-order valence-electron chi connectivity index (χ1n) is 12.4. The van der Waals surface area contributed by atoms with Crippen molar-refractivity contribution in [1.82, 2.24) is 4.98 Å². The molecule has 0 radical (unpaired) electrons. The zero-order valence-corrected chi connectivity index (χ0v) is 20.4. The van der Waals surface area contributed by atoms with E-state index in [1.807, 2.05) is 60.7 Å². The van der Waals surface area contributed by atoms with Gasteiger partial charge in [-0.05, 0) is 53.1 Å². The third kappa shape index (κ3) is 4.99. The van der Waals surface area contributed by atoms with Gasteiger partial charge >= 0.3 is 0 Å². The third-order valence-electron chi connectivity index (χ3n) is 6.62. The molecule has 2 aliphatic rings. The van der Waals surface area contributed by atoms with E-state index in [2.05, 4.69) is 34.1 Å². The highest BCUT2D eigenvalue weighted by Crippen LogP contribution is 2.34. The predicted octanol–water partition coefficient (Wildman–Crippen LogP) is 5.16. The summed E-state index contributed by atoms with van der Waals surface area (Å²) in [5.74, 6) is 2.15. The minimum absolute atomic E-state index is 0.121. The highest BCUT2D eigenvalue weighted by molar-refractivity contribution is 6.06. The largest absolute Gasteiger partial charge is 0.454 e. The molecule has 0 aliphatic carbocycles. The Labute approximate surface area is 215 Å². The topological polar surface area (TPSA) is 64.1 Å². The molecule has 1 saturated heterocycles. The number of aromatic nitrogens is 1. The fourth-order valence-electron chi connectivity index (χ4n) is 4.63. The standard InChI is InChI=1S/C30H27N3O4/c34-30(25-10-12-29(31-19-25)32-13-15-35-16-14-32)33(20-22-9-11-27-28(17-22)37-21-36-27)26-8-4-7-24(18-26)23-5-2-1-3-6-23/h1-12,17-19H,13-16,20-21H2. The van der Waals surface area contributed by atoms with Crippen LogP contribution in [0.3, 0.4) is 0 Å². The molecule has 3 aromatic carbocycles. The summed E-state index contributed by atoms with van der Waals surface area (Å²) < 4.78 is 16.5. The van der Waals surface area contributed by atoms with Gasteiger partial charge in [-0.1, -0.05) is 48.5 Å². The third-order valence-corrected chi connectivity index (χ3v) is 6.62. The van der Waals surface area contributed by atoms with E-state index in [1.54, 1.807) is 11.1 Å². The van der Waals surface area contributed by atoms with Crippen molar-refractivity contribution in [3.63, 3.8) is 0 Å². The predicted molar refractivity (Wildman–Crippen MR) is 142 cm³/mol. The Hall–Kier alpha value is -4.36. The number of nitrogens with zero attached hydrogens (tertiary/aromatic N) is 3. The van der Waals surface area contributed by atoms with Gasteiger partial charge in [-0.2, -0.15) is 0 Å². The van der Waals surface area contributed by atoms with E-state index < -0.39 is 0 Å². The van der Waals surface area contributed by atoms with Gasteiger partial charge in [-0.15, -0.1) is 0 Å². The van der Waals surface area contributed by atoms with E-state index in [9.17, 15) is 4.79 Å². The molecule has 1 aromatic heterocycles. The number of carbonyl (C=O) groups is 1. The molecule has 0 N–H and O–H groups in total. The van der Waals surface area contributed by atoms with E-state index in [4.69, 9.17) is 14.2 Å². The molecule has 0 bridgehead atoms. The second-order valence-corrected chi connectivity index (χ2v) is 9.00. The Kier molecular flexibility index (Phi) is 6.44. The smallest absolute Gasteiger partial charge is 0.260 e. The van der Waals surface area contributed by atoms with Crippen molar-refractivity contribution in [2.45, 2.75) is 6.54 Å². The lowest BCUT2D eigenvalue weighted by molar-refractivity contribution is 0.0984. The molecule has 7 heteroatoms. The zero-order chi connectivity index (χ0) is 25.0. The fourth-order valence-corrected chi connectivity index (χ4v) is 4.63. The van der Waals surface area contributed by atoms with Crippen LogP contribution in [0.15, 0.2) is 91.1 Å². The number of pyridine rings is 1. The fraction of sp³-hybridized carbons (Fsp3) is 0.200. The minimum Gasteiger partial charge on any atom is -0.454 e. The molecule has 37 heavy (non-hydrogen) atoms. The van der Waals surface area contributed by atoms with Crippen molar-refractivity contribution in [2.24, 2.45) is 0 Å². The van der Waals surface area contributed by atoms with Crippen LogP contribution in [-0.2, 0) is 11.3 Å². The van der Waals surface area contributed by atoms with E-state index in [-0.39, 0.29) is 12.7 Å². The molecule has 7 nitrogen and oxygen atoms in total. The second kappa shape index (κ2) is 10.3. The van der Waals surface area contributed by atoms with E-state index in [0.29, 0.717) is 31.1 Å².